The van der Waals surface area contributed by atoms with Crippen molar-refractivity contribution in [3.8, 4) is 0 Å². The maximum absolute atomic E-state index is 9.91. The summed E-state index contributed by atoms with van der Waals surface area (Å²) < 4.78 is 0.874. The van der Waals surface area contributed by atoms with Crippen LogP contribution in [-0.4, -0.2) is 36.8 Å². The van der Waals surface area contributed by atoms with Crippen molar-refractivity contribution in [1.29, 1.82) is 0 Å². The second-order valence-corrected chi connectivity index (χ2v) is 9.21. The molecule has 2 heteroatoms. The summed E-state index contributed by atoms with van der Waals surface area (Å²) in [6.07, 6.45) is 19.6. The first kappa shape index (κ1) is 25.2. The highest BCUT2D eigenvalue weighted by Crippen LogP contribution is 2.25. The standard InChI is InChI=1S/C26H48NO/c1-4-5-6-7-8-9-10-11-12-13-14-15-16-20-23-27(2,3)26(24-28)25-21-18-17-19-22-25/h17-19,21-22,26,28H,4-16,20,23-24H2,1-3H3/q+1/t26-/m0/s1. The Morgan fingerprint density at radius 2 is 1.11 bits per heavy atom. The Labute approximate surface area is 175 Å². The third-order valence-electron chi connectivity index (χ3n) is 6.29. The largest absolute Gasteiger partial charge is 0.390 e. The predicted molar refractivity (Wildman–Crippen MR) is 124 cm³/mol. The van der Waals surface area contributed by atoms with Gasteiger partial charge < -0.3 is 9.59 Å². The lowest BCUT2D eigenvalue weighted by Crippen LogP contribution is -2.45. The number of hydrogen-bond donors (Lipinski definition) is 1. The summed E-state index contributed by atoms with van der Waals surface area (Å²) >= 11 is 0. The first-order valence-corrected chi connectivity index (χ1v) is 12.1. The number of aliphatic hydroxyl groups is 1. The molecule has 2 nitrogen and oxygen atoms in total. The maximum Gasteiger partial charge on any atom is 0.138 e. The van der Waals surface area contributed by atoms with Gasteiger partial charge in [-0.3, -0.25) is 0 Å². The fourth-order valence-corrected chi connectivity index (χ4v) is 4.27. The van der Waals surface area contributed by atoms with E-state index in [1.807, 2.05) is 6.07 Å². The minimum Gasteiger partial charge on any atom is -0.390 e. The zero-order valence-electron chi connectivity index (χ0n) is 19.2. The highest BCUT2D eigenvalue weighted by atomic mass is 16.3. The molecule has 0 aliphatic carbocycles. The molecule has 0 fully saturated rings. The van der Waals surface area contributed by atoms with Crippen LogP contribution in [0.1, 0.15) is 108 Å². The molecule has 0 unspecified atom stereocenters. The summed E-state index contributed by atoms with van der Waals surface area (Å²) in [5.41, 5.74) is 1.25. The van der Waals surface area contributed by atoms with Gasteiger partial charge in [-0.1, -0.05) is 114 Å². The average Bonchev–Trinajstić information content (AvgIpc) is 2.69. The van der Waals surface area contributed by atoms with E-state index in [2.05, 4.69) is 45.3 Å². The fourth-order valence-electron chi connectivity index (χ4n) is 4.27. The topological polar surface area (TPSA) is 20.2 Å². The first-order chi connectivity index (χ1) is 13.6. The molecule has 1 atom stereocenters. The van der Waals surface area contributed by atoms with Crippen LogP contribution >= 0.6 is 0 Å². The van der Waals surface area contributed by atoms with Crippen molar-refractivity contribution in [3.05, 3.63) is 35.9 Å². The van der Waals surface area contributed by atoms with Gasteiger partial charge in [0.1, 0.15) is 6.04 Å². The van der Waals surface area contributed by atoms with Crippen molar-refractivity contribution < 1.29 is 9.59 Å². The van der Waals surface area contributed by atoms with Crippen LogP contribution in [0.4, 0.5) is 0 Å². The lowest BCUT2D eigenvalue weighted by atomic mass is 10.0. The summed E-state index contributed by atoms with van der Waals surface area (Å²) in [7, 11) is 4.52. The Morgan fingerprint density at radius 3 is 1.54 bits per heavy atom. The Bertz CT molecular complexity index is 457. The Kier molecular flexibility index (Phi) is 14.4. The van der Waals surface area contributed by atoms with Crippen LogP contribution in [0.5, 0.6) is 0 Å². The highest BCUT2D eigenvalue weighted by Gasteiger charge is 2.28. The number of aliphatic hydroxyl groups excluding tert-OH is 1. The van der Waals surface area contributed by atoms with Gasteiger partial charge in [0.15, 0.2) is 0 Å². The van der Waals surface area contributed by atoms with Crippen molar-refractivity contribution in [2.75, 3.05) is 27.2 Å². The van der Waals surface area contributed by atoms with Crippen LogP contribution < -0.4 is 0 Å². The van der Waals surface area contributed by atoms with E-state index in [0.717, 1.165) is 11.0 Å². The van der Waals surface area contributed by atoms with E-state index in [1.54, 1.807) is 0 Å². The Hall–Kier alpha value is -0.860. The van der Waals surface area contributed by atoms with E-state index in [1.165, 1.54) is 95.5 Å². The van der Waals surface area contributed by atoms with Gasteiger partial charge in [0.2, 0.25) is 0 Å². The molecular formula is C26H48NO+. The monoisotopic (exact) mass is 390 g/mol. The lowest BCUT2D eigenvalue weighted by Gasteiger charge is -2.37. The summed E-state index contributed by atoms with van der Waals surface area (Å²) in [6, 6.07) is 10.7. The van der Waals surface area contributed by atoms with Crippen molar-refractivity contribution >= 4 is 0 Å². The molecule has 0 aliphatic heterocycles. The zero-order valence-corrected chi connectivity index (χ0v) is 19.2. The molecule has 0 spiro atoms. The number of benzene rings is 1. The molecule has 0 aromatic heterocycles. The number of quaternary nitrogens is 1. The second-order valence-electron chi connectivity index (χ2n) is 9.21. The maximum atomic E-state index is 9.91. The minimum atomic E-state index is 0.183. The lowest BCUT2D eigenvalue weighted by molar-refractivity contribution is -0.921. The number of nitrogens with zero attached hydrogens (tertiary/aromatic N) is 1. The van der Waals surface area contributed by atoms with E-state index in [4.69, 9.17) is 0 Å². The van der Waals surface area contributed by atoms with E-state index < -0.39 is 0 Å². The molecule has 162 valence electrons. The number of likely N-dealkylation sites (N-methyl/N-ethyl adjacent to an activating group) is 1. The van der Waals surface area contributed by atoms with E-state index in [9.17, 15) is 5.11 Å². The van der Waals surface area contributed by atoms with Gasteiger partial charge in [-0.15, -0.1) is 0 Å². The molecule has 0 heterocycles. The van der Waals surface area contributed by atoms with Crippen molar-refractivity contribution in [1.82, 2.24) is 0 Å². The molecule has 1 aromatic rings. The summed E-state index contributed by atoms with van der Waals surface area (Å²) in [5, 5.41) is 9.91. The van der Waals surface area contributed by atoms with E-state index in [0.29, 0.717) is 0 Å². The molecule has 0 amide bonds. The van der Waals surface area contributed by atoms with Gasteiger partial charge in [-0.25, -0.2) is 0 Å². The smallest absolute Gasteiger partial charge is 0.138 e. The molecular weight excluding hydrogens is 342 g/mol. The molecule has 1 aromatic carbocycles. The first-order valence-electron chi connectivity index (χ1n) is 12.1. The van der Waals surface area contributed by atoms with E-state index >= 15 is 0 Å². The molecule has 0 aliphatic rings. The second kappa shape index (κ2) is 16.0. The van der Waals surface area contributed by atoms with Crippen LogP contribution in [0.2, 0.25) is 0 Å². The number of unbranched alkanes of at least 4 members (excludes halogenated alkanes) is 13. The molecule has 0 saturated heterocycles. The molecule has 28 heavy (non-hydrogen) atoms. The predicted octanol–water partition coefficient (Wildman–Crippen LogP) is 7.28. The van der Waals surface area contributed by atoms with Gasteiger partial charge in [0, 0.05) is 5.56 Å². The van der Waals surface area contributed by atoms with Crippen LogP contribution in [-0.2, 0) is 0 Å². The number of rotatable bonds is 18. The number of hydrogen-bond acceptors (Lipinski definition) is 1. The molecule has 0 radical (unpaired) electrons. The quantitative estimate of drug-likeness (QED) is 0.206. The van der Waals surface area contributed by atoms with Crippen molar-refractivity contribution in [2.24, 2.45) is 0 Å². The normalized spacial score (nSPS) is 13.0. The van der Waals surface area contributed by atoms with Crippen LogP contribution in [0.3, 0.4) is 0 Å². The molecule has 1 N–H and O–H groups in total. The van der Waals surface area contributed by atoms with Crippen LogP contribution in [0.25, 0.3) is 0 Å². The highest BCUT2D eigenvalue weighted by molar-refractivity contribution is 5.17. The molecule has 0 saturated carbocycles. The SMILES string of the molecule is CCCCCCCCCCCCCCCC[N+](C)(C)[C@@H](CO)c1ccccc1. The average molecular weight is 391 g/mol. The molecule has 1 rings (SSSR count). The third-order valence-corrected chi connectivity index (χ3v) is 6.29. The van der Waals surface area contributed by atoms with Gasteiger partial charge >= 0.3 is 0 Å². The van der Waals surface area contributed by atoms with Gasteiger partial charge in [-0.2, -0.15) is 0 Å². The van der Waals surface area contributed by atoms with Crippen molar-refractivity contribution in [3.63, 3.8) is 0 Å². The zero-order chi connectivity index (χ0) is 20.5. The minimum absolute atomic E-state index is 0.183. The van der Waals surface area contributed by atoms with Crippen LogP contribution in [0, 0.1) is 0 Å². The van der Waals surface area contributed by atoms with Gasteiger partial charge in [0.25, 0.3) is 0 Å². The van der Waals surface area contributed by atoms with Crippen molar-refractivity contribution in [2.45, 2.75) is 103 Å². The Morgan fingerprint density at radius 1 is 0.679 bits per heavy atom. The fraction of sp³-hybridized carbons (Fsp3) is 0.769. The summed E-state index contributed by atoms with van der Waals surface area (Å²) in [6.45, 7) is 3.64. The van der Waals surface area contributed by atoms with Gasteiger partial charge in [-0.05, 0) is 12.8 Å². The summed E-state index contributed by atoms with van der Waals surface area (Å²) in [5.74, 6) is 0. The van der Waals surface area contributed by atoms with Gasteiger partial charge in [0.05, 0.1) is 27.2 Å². The summed E-state index contributed by atoms with van der Waals surface area (Å²) in [4.78, 5) is 0. The molecule has 0 bridgehead atoms. The van der Waals surface area contributed by atoms with Crippen LogP contribution in [0.15, 0.2) is 30.3 Å². The Balaban J connectivity index is 2.01. The third kappa shape index (κ3) is 11.2. The van der Waals surface area contributed by atoms with E-state index in [-0.39, 0.29) is 12.6 Å².